The quantitative estimate of drug-likeness (QED) is 0.481. The molecule has 1 fully saturated rings. The lowest BCUT2D eigenvalue weighted by atomic mass is 9.92. The Morgan fingerprint density at radius 3 is 1.70 bits per heavy atom. The summed E-state index contributed by atoms with van der Waals surface area (Å²) in [5.74, 6) is 0. The van der Waals surface area contributed by atoms with Crippen molar-refractivity contribution in [3.63, 3.8) is 0 Å². The van der Waals surface area contributed by atoms with E-state index in [1.165, 1.54) is 6.26 Å². The van der Waals surface area contributed by atoms with Crippen molar-refractivity contribution in [2.45, 2.75) is 6.04 Å². The highest BCUT2D eigenvalue weighted by Gasteiger charge is 2.34. The van der Waals surface area contributed by atoms with Gasteiger partial charge in [0.25, 0.3) is 0 Å². The SMILES string of the molecule is CS(=O)(=O)C(=C1CN(C(c2ccc(Cl)cc2)c2ccc(Cl)cc2)C1)c1ccccc1. The van der Waals surface area contributed by atoms with Crippen LogP contribution in [0.2, 0.25) is 10.0 Å². The van der Waals surface area contributed by atoms with Gasteiger partial charge in [-0.2, -0.15) is 0 Å². The fourth-order valence-corrected chi connectivity index (χ4v) is 5.41. The van der Waals surface area contributed by atoms with Gasteiger partial charge in [-0.05, 0) is 46.5 Å². The van der Waals surface area contributed by atoms with Crippen LogP contribution >= 0.6 is 23.2 Å². The molecule has 1 saturated heterocycles. The summed E-state index contributed by atoms with van der Waals surface area (Å²) in [7, 11) is -3.35. The Morgan fingerprint density at radius 2 is 1.27 bits per heavy atom. The zero-order valence-corrected chi connectivity index (χ0v) is 18.8. The molecule has 6 heteroatoms. The van der Waals surface area contributed by atoms with Crippen LogP contribution in [0.3, 0.4) is 0 Å². The Labute approximate surface area is 187 Å². The molecule has 1 aliphatic heterocycles. The van der Waals surface area contributed by atoms with Crippen LogP contribution in [0.25, 0.3) is 4.91 Å². The van der Waals surface area contributed by atoms with Gasteiger partial charge in [0.2, 0.25) is 0 Å². The van der Waals surface area contributed by atoms with Crippen LogP contribution in [0.5, 0.6) is 0 Å². The largest absolute Gasteiger partial charge is 0.284 e. The van der Waals surface area contributed by atoms with Crippen molar-refractivity contribution in [1.29, 1.82) is 0 Å². The number of sulfone groups is 1. The van der Waals surface area contributed by atoms with Crippen LogP contribution in [0.1, 0.15) is 22.7 Å². The van der Waals surface area contributed by atoms with E-state index in [1.807, 2.05) is 78.9 Å². The topological polar surface area (TPSA) is 37.4 Å². The van der Waals surface area contributed by atoms with Gasteiger partial charge in [0, 0.05) is 29.4 Å². The molecule has 154 valence electrons. The third-order valence-electron chi connectivity index (χ3n) is 5.25. The number of benzene rings is 3. The molecule has 0 aliphatic carbocycles. The summed E-state index contributed by atoms with van der Waals surface area (Å²) in [4.78, 5) is 2.70. The Hall–Kier alpha value is -2.11. The van der Waals surface area contributed by atoms with Crippen molar-refractivity contribution in [3.8, 4) is 0 Å². The number of halogens is 2. The number of hydrogen-bond acceptors (Lipinski definition) is 3. The fraction of sp³-hybridized carbons (Fsp3) is 0.167. The molecular weight excluding hydrogens is 437 g/mol. The maximum atomic E-state index is 12.6. The lowest BCUT2D eigenvalue weighted by Gasteiger charge is -2.42. The van der Waals surface area contributed by atoms with E-state index in [-0.39, 0.29) is 6.04 Å². The van der Waals surface area contributed by atoms with Gasteiger partial charge in [0.05, 0.1) is 10.9 Å². The van der Waals surface area contributed by atoms with E-state index < -0.39 is 9.84 Å². The molecule has 30 heavy (non-hydrogen) atoms. The number of rotatable bonds is 5. The minimum absolute atomic E-state index is 0.0140. The molecule has 0 spiro atoms. The third kappa shape index (κ3) is 4.47. The Kier molecular flexibility index (Phi) is 6.03. The normalized spacial score (nSPS) is 14.6. The first-order valence-corrected chi connectivity index (χ1v) is 12.2. The lowest BCUT2D eigenvalue weighted by molar-refractivity contribution is 0.203. The molecule has 0 saturated carbocycles. The molecule has 0 aromatic heterocycles. The van der Waals surface area contributed by atoms with Crippen LogP contribution in [0.4, 0.5) is 0 Å². The van der Waals surface area contributed by atoms with Gasteiger partial charge < -0.3 is 0 Å². The second kappa shape index (κ2) is 8.56. The molecule has 0 amide bonds. The van der Waals surface area contributed by atoms with Crippen LogP contribution in [-0.4, -0.2) is 32.7 Å². The Bertz CT molecular complexity index is 1120. The van der Waals surface area contributed by atoms with Crippen LogP contribution in [0.15, 0.2) is 84.4 Å². The lowest BCUT2D eigenvalue weighted by Crippen LogP contribution is -2.44. The molecule has 4 rings (SSSR count). The molecule has 1 aliphatic rings. The van der Waals surface area contributed by atoms with E-state index in [1.54, 1.807) is 0 Å². The van der Waals surface area contributed by atoms with E-state index in [0.29, 0.717) is 28.0 Å². The number of likely N-dealkylation sites (tertiary alicyclic amines) is 1. The first-order valence-electron chi connectivity index (χ1n) is 9.55. The van der Waals surface area contributed by atoms with Gasteiger partial charge >= 0.3 is 0 Å². The van der Waals surface area contributed by atoms with Gasteiger partial charge in [-0.3, -0.25) is 4.90 Å². The standard InChI is InChI=1S/C24H21Cl2NO2S/c1-30(28,29)24(19-5-3-2-4-6-19)20-15-27(16-20)23(17-7-11-21(25)12-8-17)18-9-13-22(26)14-10-18/h2-14,23H,15-16H2,1H3. The van der Waals surface area contributed by atoms with Crippen molar-refractivity contribution in [1.82, 2.24) is 4.90 Å². The summed E-state index contributed by atoms with van der Waals surface area (Å²) in [6, 6.07) is 24.9. The summed E-state index contributed by atoms with van der Waals surface area (Å²) in [6.07, 6.45) is 1.28. The summed E-state index contributed by atoms with van der Waals surface area (Å²) in [5.41, 5.74) is 3.86. The Morgan fingerprint density at radius 1 is 0.800 bits per heavy atom. The van der Waals surface area contributed by atoms with E-state index in [2.05, 4.69) is 4.90 Å². The smallest absolute Gasteiger partial charge is 0.176 e. The van der Waals surface area contributed by atoms with E-state index in [9.17, 15) is 8.42 Å². The highest BCUT2D eigenvalue weighted by atomic mass is 35.5. The average molecular weight is 458 g/mol. The molecule has 0 unspecified atom stereocenters. The second-order valence-corrected chi connectivity index (χ2v) is 10.3. The molecule has 0 atom stereocenters. The highest BCUT2D eigenvalue weighted by molar-refractivity contribution is 8.00. The molecule has 0 radical (unpaired) electrons. The van der Waals surface area contributed by atoms with Crippen LogP contribution in [0, 0.1) is 0 Å². The minimum Gasteiger partial charge on any atom is -0.284 e. The highest BCUT2D eigenvalue weighted by Crippen LogP contribution is 2.38. The monoisotopic (exact) mass is 457 g/mol. The maximum absolute atomic E-state index is 12.6. The Balaban J connectivity index is 1.71. The molecule has 3 aromatic rings. The predicted octanol–water partition coefficient (Wildman–Crippen LogP) is 5.85. The van der Waals surface area contributed by atoms with Crippen LogP contribution < -0.4 is 0 Å². The minimum atomic E-state index is -3.35. The first kappa shape index (κ1) is 21.1. The average Bonchev–Trinajstić information content (AvgIpc) is 2.68. The number of hydrogen-bond donors (Lipinski definition) is 0. The van der Waals surface area contributed by atoms with Crippen LogP contribution in [-0.2, 0) is 9.84 Å². The van der Waals surface area contributed by atoms with Crippen molar-refractivity contribution in [2.75, 3.05) is 19.3 Å². The molecule has 3 aromatic carbocycles. The maximum Gasteiger partial charge on any atom is 0.176 e. The molecule has 3 nitrogen and oxygen atoms in total. The molecule has 0 bridgehead atoms. The fourth-order valence-electron chi connectivity index (χ4n) is 3.94. The first-order chi connectivity index (χ1) is 14.3. The van der Waals surface area contributed by atoms with Crippen molar-refractivity contribution >= 4 is 37.9 Å². The van der Waals surface area contributed by atoms with E-state index in [4.69, 9.17) is 23.2 Å². The second-order valence-electron chi connectivity index (χ2n) is 7.48. The molecule has 1 heterocycles. The predicted molar refractivity (Wildman–Crippen MR) is 125 cm³/mol. The summed E-state index contributed by atoms with van der Waals surface area (Å²) >= 11 is 12.2. The third-order valence-corrected chi connectivity index (χ3v) is 7.02. The zero-order chi connectivity index (χ0) is 21.3. The van der Waals surface area contributed by atoms with Crippen molar-refractivity contribution in [2.24, 2.45) is 0 Å². The van der Waals surface area contributed by atoms with Crippen molar-refractivity contribution in [3.05, 3.63) is 111 Å². The summed E-state index contributed by atoms with van der Waals surface area (Å²) < 4.78 is 25.1. The van der Waals surface area contributed by atoms with Gasteiger partial charge in [-0.15, -0.1) is 0 Å². The van der Waals surface area contributed by atoms with E-state index >= 15 is 0 Å². The van der Waals surface area contributed by atoms with Gasteiger partial charge in [-0.25, -0.2) is 8.42 Å². The van der Waals surface area contributed by atoms with Gasteiger partial charge in [0.1, 0.15) is 0 Å². The zero-order valence-electron chi connectivity index (χ0n) is 16.4. The van der Waals surface area contributed by atoms with Gasteiger partial charge in [0.15, 0.2) is 9.84 Å². The molecular formula is C24H21Cl2NO2S. The number of nitrogens with zero attached hydrogens (tertiary/aromatic N) is 1. The summed E-state index contributed by atoms with van der Waals surface area (Å²) in [6.45, 7) is 1.15. The summed E-state index contributed by atoms with van der Waals surface area (Å²) in [5, 5.41) is 1.36. The van der Waals surface area contributed by atoms with Crippen molar-refractivity contribution < 1.29 is 8.42 Å². The molecule has 0 N–H and O–H groups in total. The van der Waals surface area contributed by atoms with Gasteiger partial charge in [-0.1, -0.05) is 77.8 Å². The van der Waals surface area contributed by atoms with E-state index in [0.717, 1.165) is 22.3 Å².